The van der Waals surface area contributed by atoms with E-state index in [4.69, 9.17) is 0 Å². The fourth-order valence-corrected chi connectivity index (χ4v) is 1.77. The van der Waals surface area contributed by atoms with Crippen LogP contribution in [0.1, 0.15) is 36.6 Å². The topological polar surface area (TPSA) is 33.1 Å². The Labute approximate surface area is 108 Å². The predicted octanol–water partition coefficient (Wildman–Crippen LogP) is 4.08. The van der Waals surface area contributed by atoms with E-state index < -0.39 is 0 Å². The van der Waals surface area contributed by atoms with Gasteiger partial charge in [-0.2, -0.15) is 0 Å². The summed E-state index contributed by atoms with van der Waals surface area (Å²) in [4.78, 5) is 4.29. The third-order valence-corrected chi connectivity index (χ3v) is 2.73. The Bertz CT molecular complexity index is 544. The molecule has 0 amide bonds. The van der Waals surface area contributed by atoms with E-state index in [2.05, 4.69) is 4.98 Å². The van der Waals surface area contributed by atoms with E-state index in [1.54, 1.807) is 12.3 Å². The van der Waals surface area contributed by atoms with Crippen LogP contribution in [0.4, 0.5) is 0 Å². The fourth-order valence-electron chi connectivity index (χ4n) is 1.77. The quantitative estimate of drug-likeness (QED) is 0.875. The number of pyridine rings is 1. The first-order valence-corrected chi connectivity index (χ1v) is 6.09. The molecule has 0 aliphatic heterocycles. The molecular weight excluding hydrogens is 222 g/mol. The van der Waals surface area contributed by atoms with Crippen molar-refractivity contribution in [2.24, 2.45) is 0 Å². The lowest BCUT2D eigenvalue weighted by Gasteiger charge is -2.07. The first-order chi connectivity index (χ1) is 8.66. The smallest absolute Gasteiger partial charge is 0.137 e. The zero-order chi connectivity index (χ0) is 13.0. The number of nitrogens with zero attached hydrogens (tertiary/aromatic N) is 1. The number of benzene rings is 1. The first kappa shape index (κ1) is 12.4. The summed E-state index contributed by atoms with van der Waals surface area (Å²) < 4.78 is 0. The SMILES string of the molecule is CC(C)c1ncc(/C=C/c2ccccc2)cc1O. The molecule has 0 atom stereocenters. The highest BCUT2D eigenvalue weighted by atomic mass is 16.3. The molecule has 1 N–H and O–H groups in total. The molecule has 2 nitrogen and oxygen atoms in total. The van der Waals surface area contributed by atoms with Crippen molar-refractivity contribution in [2.75, 3.05) is 0 Å². The maximum atomic E-state index is 9.86. The van der Waals surface area contributed by atoms with Crippen LogP contribution in [0.15, 0.2) is 42.6 Å². The molecule has 1 aromatic heterocycles. The largest absolute Gasteiger partial charge is 0.506 e. The van der Waals surface area contributed by atoms with Crippen LogP contribution in [0, 0.1) is 0 Å². The molecule has 2 aromatic rings. The number of aromatic nitrogens is 1. The van der Waals surface area contributed by atoms with Crippen molar-refractivity contribution in [1.82, 2.24) is 4.98 Å². The molecule has 0 fully saturated rings. The molecule has 0 saturated heterocycles. The minimum absolute atomic E-state index is 0.233. The molecule has 0 spiro atoms. The van der Waals surface area contributed by atoms with Gasteiger partial charge in [0.1, 0.15) is 5.75 Å². The van der Waals surface area contributed by atoms with Crippen molar-refractivity contribution in [1.29, 1.82) is 0 Å². The monoisotopic (exact) mass is 239 g/mol. The molecule has 0 bridgehead atoms. The fraction of sp³-hybridized carbons (Fsp3) is 0.188. The van der Waals surface area contributed by atoms with E-state index in [1.807, 2.05) is 56.3 Å². The van der Waals surface area contributed by atoms with Crippen molar-refractivity contribution in [2.45, 2.75) is 19.8 Å². The predicted molar refractivity (Wildman–Crippen MR) is 75.4 cm³/mol. The summed E-state index contributed by atoms with van der Waals surface area (Å²) in [6.45, 7) is 4.03. The van der Waals surface area contributed by atoms with Crippen LogP contribution >= 0.6 is 0 Å². The van der Waals surface area contributed by atoms with Crippen molar-refractivity contribution in [3.05, 3.63) is 59.4 Å². The lowest BCUT2D eigenvalue weighted by molar-refractivity contribution is 0.460. The van der Waals surface area contributed by atoms with Crippen LogP contribution in [0.3, 0.4) is 0 Å². The van der Waals surface area contributed by atoms with Crippen LogP contribution < -0.4 is 0 Å². The molecule has 0 aliphatic carbocycles. The van der Waals surface area contributed by atoms with Crippen LogP contribution in [0.2, 0.25) is 0 Å². The van der Waals surface area contributed by atoms with Gasteiger partial charge < -0.3 is 5.11 Å². The van der Waals surface area contributed by atoms with Gasteiger partial charge in [-0.05, 0) is 23.1 Å². The van der Waals surface area contributed by atoms with E-state index >= 15 is 0 Å². The molecule has 92 valence electrons. The molecule has 0 saturated carbocycles. The highest BCUT2D eigenvalue weighted by Crippen LogP contribution is 2.24. The van der Waals surface area contributed by atoms with Gasteiger partial charge in [0.2, 0.25) is 0 Å². The highest BCUT2D eigenvalue weighted by molar-refractivity contribution is 5.69. The van der Waals surface area contributed by atoms with Gasteiger partial charge in [-0.1, -0.05) is 56.3 Å². The van der Waals surface area contributed by atoms with Crippen molar-refractivity contribution < 1.29 is 5.11 Å². The lowest BCUT2D eigenvalue weighted by atomic mass is 10.1. The van der Waals surface area contributed by atoms with E-state index in [0.29, 0.717) is 0 Å². The van der Waals surface area contributed by atoms with Gasteiger partial charge in [0.25, 0.3) is 0 Å². The average Bonchev–Trinajstić information content (AvgIpc) is 2.37. The van der Waals surface area contributed by atoms with Gasteiger partial charge in [0.15, 0.2) is 0 Å². The second-order valence-corrected chi connectivity index (χ2v) is 4.57. The molecule has 2 rings (SSSR count). The van der Waals surface area contributed by atoms with Crippen LogP contribution in [-0.4, -0.2) is 10.1 Å². The zero-order valence-electron chi connectivity index (χ0n) is 10.7. The third kappa shape index (κ3) is 2.98. The van der Waals surface area contributed by atoms with Crippen molar-refractivity contribution in [3.63, 3.8) is 0 Å². The highest BCUT2D eigenvalue weighted by Gasteiger charge is 2.06. The minimum atomic E-state index is 0.233. The Balaban J connectivity index is 2.21. The van der Waals surface area contributed by atoms with Crippen LogP contribution in [-0.2, 0) is 0 Å². The normalized spacial score (nSPS) is 11.3. The Morgan fingerprint density at radius 3 is 2.33 bits per heavy atom. The molecule has 1 aromatic carbocycles. The summed E-state index contributed by atoms with van der Waals surface area (Å²) in [7, 11) is 0. The third-order valence-electron chi connectivity index (χ3n) is 2.73. The van der Waals surface area contributed by atoms with Gasteiger partial charge in [-0.15, -0.1) is 0 Å². The maximum absolute atomic E-state index is 9.86. The second-order valence-electron chi connectivity index (χ2n) is 4.57. The van der Waals surface area contributed by atoms with E-state index in [0.717, 1.165) is 16.8 Å². The van der Waals surface area contributed by atoms with Gasteiger partial charge >= 0.3 is 0 Å². The van der Waals surface area contributed by atoms with Gasteiger partial charge in [0.05, 0.1) is 5.69 Å². The summed E-state index contributed by atoms with van der Waals surface area (Å²) in [5, 5.41) is 9.86. The Morgan fingerprint density at radius 2 is 1.72 bits per heavy atom. The van der Waals surface area contributed by atoms with Crippen molar-refractivity contribution in [3.8, 4) is 5.75 Å². The van der Waals surface area contributed by atoms with E-state index in [-0.39, 0.29) is 11.7 Å². The molecule has 0 unspecified atom stereocenters. The van der Waals surface area contributed by atoms with Gasteiger partial charge in [-0.25, -0.2) is 0 Å². The summed E-state index contributed by atoms with van der Waals surface area (Å²) in [5.41, 5.74) is 2.78. The molecule has 1 heterocycles. The second kappa shape index (κ2) is 5.50. The molecule has 18 heavy (non-hydrogen) atoms. The van der Waals surface area contributed by atoms with Gasteiger partial charge in [-0.3, -0.25) is 4.98 Å². The minimum Gasteiger partial charge on any atom is -0.506 e. The number of rotatable bonds is 3. The maximum Gasteiger partial charge on any atom is 0.137 e. The summed E-state index contributed by atoms with van der Waals surface area (Å²) >= 11 is 0. The number of hydrogen-bond donors (Lipinski definition) is 1. The lowest BCUT2D eigenvalue weighted by Crippen LogP contribution is -1.93. The molecule has 2 heteroatoms. The molecule has 0 radical (unpaired) electrons. The average molecular weight is 239 g/mol. The Kier molecular flexibility index (Phi) is 3.78. The number of aromatic hydroxyl groups is 1. The summed E-state index contributed by atoms with van der Waals surface area (Å²) in [6.07, 6.45) is 5.74. The number of hydrogen-bond acceptors (Lipinski definition) is 2. The first-order valence-electron chi connectivity index (χ1n) is 6.09. The Morgan fingerprint density at radius 1 is 1.06 bits per heavy atom. The van der Waals surface area contributed by atoms with Crippen molar-refractivity contribution >= 4 is 12.2 Å². The standard InChI is InChI=1S/C16H17NO/c1-12(2)16-15(18)10-14(11-17-16)9-8-13-6-4-3-5-7-13/h3-12,18H,1-2H3/b9-8+. The van der Waals surface area contributed by atoms with Crippen LogP contribution in [0.5, 0.6) is 5.75 Å². The summed E-state index contributed by atoms with van der Waals surface area (Å²) in [5.74, 6) is 0.498. The summed E-state index contributed by atoms with van der Waals surface area (Å²) in [6, 6.07) is 11.8. The Hall–Kier alpha value is -2.09. The zero-order valence-corrected chi connectivity index (χ0v) is 10.7. The van der Waals surface area contributed by atoms with E-state index in [9.17, 15) is 5.11 Å². The molecule has 0 aliphatic rings. The van der Waals surface area contributed by atoms with Gasteiger partial charge in [0, 0.05) is 6.20 Å². The van der Waals surface area contributed by atoms with E-state index in [1.165, 1.54) is 0 Å². The van der Waals surface area contributed by atoms with Crippen LogP contribution in [0.25, 0.3) is 12.2 Å². The molecular formula is C16H17NO.